The van der Waals surface area contributed by atoms with E-state index in [4.69, 9.17) is 4.42 Å². The highest BCUT2D eigenvalue weighted by molar-refractivity contribution is 5.88. The predicted octanol–water partition coefficient (Wildman–Crippen LogP) is 2.03. The van der Waals surface area contributed by atoms with Gasteiger partial charge in [0.1, 0.15) is 23.5 Å². The van der Waals surface area contributed by atoms with Crippen LogP contribution in [0.5, 0.6) is 0 Å². The summed E-state index contributed by atoms with van der Waals surface area (Å²) < 4.78 is 8.95. The average Bonchev–Trinajstić information content (AvgIpc) is 3.40. The van der Waals surface area contributed by atoms with Crippen molar-refractivity contribution >= 4 is 22.4 Å². The number of aromatic amines is 1. The fourth-order valence-electron chi connectivity index (χ4n) is 3.18. The zero-order valence-corrected chi connectivity index (χ0v) is 14.8. The first-order valence-corrected chi connectivity index (χ1v) is 8.33. The van der Waals surface area contributed by atoms with Crippen molar-refractivity contribution in [3.8, 4) is 11.6 Å². The minimum absolute atomic E-state index is 0.0189. The van der Waals surface area contributed by atoms with E-state index >= 15 is 0 Å². The molecule has 0 amide bonds. The molecule has 5 aromatic heterocycles. The van der Waals surface area contributed by atoms with Crippen LogP contribution in [0.25, 0.3) is 28.3 Å². The van der Waals surface area contributed by atoms with E-state index in [0.717, 1.165) is 5.39 Å². The van der Waals surface area contributed by atoms with E-state index in [1.807, 2.05) is 0 Å². The second-order valence-corrected chi connectivity index (χ2v) is 6.28. The lowest BCUT2D eigenvalue weighted by atomic mass is 10.3. The van der Waals surface area contributed by atoms with Gasteiger partial charge < -0.3 is 4.42 Å². The molecule has 0 saturated heterocycles. The summed E-state index contributed by atoms with van der Waals surface area (Å²) in [6.07, 6.45) is 3.19. The van der Waals surface area contributed by atoms with Crippen LogP contribution in [-0.4, -0.2) is 44.5 Å². The van der Waals surface area contributed by atoms with Gasteiger partial charge in [0.15, 0.2) is 17.1 Å². The van der Waals surface area contributed by atoms with Gasteiger partial charge in [-0.2, -0.15) is 10.2 Å². The minimum Gasteiger partial charge on any atom is -0.456 e. The summed E-state index contributed by atoms with van der Waals surface area (Å²) in [5, 5.41) is 27.3. The molecule has 0 saturated carbocycles. The van der Waals surface area contributed by atoms with Gasteiger partial charge in [-0.15, -0.1) is 5.10 Å². The molecular weight excluding hydrogens is 366 g/mol. The summed E-state index contributed by atoms with van der Waals surface area (Å²) >= 11 is 0. The summed E-state index contributed by atoms with van der Waals surface area (Å²) in [7, 11) is 0. The number of aromatic nitrogens is 8. The molecule has 0 atom stereocenters. The number of hydrogen-bond acceptors (Lipinski definition) is 8. The Kier molecular flexibility index (Phi) is 3.28. The van der Waals surface area contributed by atoms with Crippen LogP contribution in [0.1, 0.15) is 17.1 Å². The molecule has 0 aliphatic carbocycles. The van der Waals surface area contributed by atoms with Crippen molar-refractivity contribution in [2.45, 2.75) is 20.4 Å². The first kappa shape index (κ1) is 16.1. The lowest BCUT2D eigenvalue weighted by Gasteiger charge is -2.00. The molecule has 28 heavy (non-hydrogen) atoms. The maximum Gasteiger partial charge on any atom is 0.312 e. The van der Waals surface area contributed by atoms with Gasteiger partial charge in [0.25, 0.3) is 0 Å². The molecule has 0 unspecified atom stereocenters. The Bertz CT molecular complexity index is 1360. The molecule has 140 valence electrons. The number of furan rings is 1. The third kappa shape index (κ3) is 2.35. The van der Waals surface area contributed by atoms with Crippen LogP contribution in [-0.2, 0) is 6.54 Å². The predicted molar refractivity (Wildman–Crippen MR) is 95.6 cm³/mol. The van der Waals surface area contributed by atoms with Gasteiger partial charge in [-0.25, -0.2) is 14.5 Å². The number of hydrogen-bond donors (Lipinski definition) is 1. The molecule has 0 bridgehead atoms. The highest BCUT2D eigenvalue weighted by atomic mass is 16.6. The fraction of sp³-hybridized carbons (Fsp3) is 0.188. The number of H-pyrrole nitrogens is 1. The molecule has 0 aliphatic heterocycles. The van der Waals surface area contributed by atoms with Crippen LogP contribution in [0.3, 0.4) is 0 Å². The van der Waals surface area contributed by atoms with Crippen LogP contribution < -0.4 is 0 Å². The third-order valence-electron chi connectivity index (χ3n) is 4.50. The number of rotatable bonds is 4. The lowest BCUT2D eigenvalue weighted by Crippen LogP contribution is -2.03. The van der Waals surface area contributed by atoms with Gasteiger partial charge in [-0.1, -0.05) is 0 Å². The molecule has 1 N–H and O–H groups in total. The van der Waals surface area contributed by atoms with Crippen molar-refractivity contribution in [3.63, 3.8) is 0 Å². The topological polar surface area (TPSA) is 146 Å². The molecule has 0 aliphatic rings. The van der Waals surface area contributed by atoms with Gasteiger partial charge in [0.05, 0.1) is 23.1 Å². The summed E-state index contributed by atoms with van der Waals surface area (Å²) in [6, 6.07) is 3.53. The van der Waals surface area contributed by atoms with Crippen LogP contribution in [0.4, 0.5) is 5.69 Å². The smallest absolute Gasteiger partial charge is 0.312 e. The van der Waals surface area contributed by atoms with Crippen molar-refractivity contribution in [1.29, 1.82) is 0 Å². The molecule has 0 spiro atoms. The second-order valence-electron chi connectivity index (χ2n) is 6.28. The summed E-state index contributed by atoms with van der Waals surface area (Å²) in [5.41, 5.74) is 2.09. The van der Waals surface area contributed by atoms with Gasteiger partial charge in [-0.05, 0) is 26.0 Å². The zero-order valence-electron chi connectivity index (χ0n) is 14.8. The van der Waals surface area contributed by atoms with E-state index in [1.54, 1.807) is 47.7 Å². The second kappa shape index (κ2) is 5.70. The highest BCUT2D eigenvalue weighted by Gasteiger charge is 2.22. The van der Waals surface area contributed by atoms with Crippen molar-refractivity contribution in [2.24, 2.45) is 0 Å². The summed E-state index contributed by atoms with van der Waals surface area (Å²) in [5.74, 6) is 1.47. The highest BCUT2D eigenvalue weighted by Crippen LogP contribution is 2.25. The molecular formula is C16H13N9O3. The first-order valence-electron chi connectivity index (χ1n) is 8.33. The van der Waals surface area contributed by atoms with E-state index < -0.39 is 4.92 Å². The van der Waals surface area contributed by atoms with Gasteiger partial charge in [0.2, 0.25) is 5.82 Å². The number of nitrogens with zero attached hydrogens (tertiary/aromatic N) is 8. The van der Waals surface area contributed by atoms with Crippen LogP contribution in [0.2, 0.25) is 0 Å². The van der Waals surface area contributed by atoms with E-state index in [-0.39, 0.29) is 12.2 Å². The zero-order chi connectivity index (χ0) is 19.4. The molecule has 0 fully saturated rings. The minimum atomic E-state index is -0.424. The van der Waals surface area contributed by atoms with Crippen LogP contribution in [0, 0.1) is 24.0 Å². The maximum atomic E-state index is 11.2. The molecule has 5 aromatic rings. The van der Waals surface area contributed by atoms with Crippen molar-refractivity contribution in [2.75, 3.05) is 0 Å². The first-order chi connectivity index (χ1) is 13.5. The Hall–Kier alpha value is -4.09. The SMILES string of the molecule is Cc1nn(Cc2ccc(-c3nc4c5cn[nH]c5ncn4n3)o2)c(C)c1[N+](=O)[O-]. The number of nitro groups is 1. The summed E-state index contributed by atoms with van der Waals surface area (Å²) in [4.78, 5) is 19.5. The standard InChI is InChI=1S/C16H13N9O3/c1-8-13(25(26)27)9(2)23(21-8)6-10-3-4-12(28-10)15-19-16-11-5-18-20-14(11)17-7-24(16)22-15/h3-5,7H,6H2,1-2H3,(H,18,20). The molecule has 0 aromatic carbocycles. The molecule has 5 heterocycles. The summed E-state index contributed by atoms with van der Waals surface area (Å²) in [6.45, 7) is 3.54. The third-order valence-corrected chi connectivity index (χ3v) is 4.50. The number of nitrogens with one attached hydrogen (secondary N) is 1. The van der Waals surface area contributed by atoms with E-state index in [1.165, 1.54) is 0 Å². The van der Waals surface area contributed by atoms with E-state index in [0.29, 0.717) is 40.0 Å². The quantitative estimate of drug-likeness (QED) is 0.369. The van der Waals surface area contributed by atoms with Crippen LogP contribution in [0.15, 0.2) is 29.1 Å². The van der Waals surface area contributed by atoms with E-state index in [9.17, 15) is 10.1 Å². The number of aryl methyl sites for hydroxylation is 1. The Balaban J connectivity index is 1.49. The fourth-order valence-corrected chi connectivity index (χ4v) is 3.18. The molecule has 12 nitrogen and oxygen atoms in total. The van der Waals surface area contributed by atoms with Crippen molar-refractivity contribution < 1.29 is 9.34 Å². The molecule has 0 radical (unpaired) electrons. The maximum absolute atomic E-state index is 11.2. The Morgan fingerprint density at radius 2 is 2.14 bits per heavy atom. The Labute approximate surface area is 156 Å². The molecule has 5 rings (SSSR count). The number of fused-ring (bicyclic) bond motifs is 3. The van der Waals surface area contributed by atoms with Gasteiger partial charge >= 0.3 is 5.69 Å². The Morgan fingerprint density at radius 3 is 2.93 bits per heavy atom. The molecule has 12 heteroatoms. The van der Waals surface area contributed by atoms with Crippen molar-refractivity contribution in [3.05, 3.63) is 51.9 Å². The van der Waals surface area contributed by atoms with Gasteiger partial charge in [0, 0.05) is 0 Å². The van der Waals surface area contributed by atoms with E-state index in [2.05, 4.69) is 30.4 Å². The van der Waals surface area contributed by atoms with Gasteiger partial charge in [-0.3, -0.25) is 19.9 Å². The average molecular weight is 379 g/mol. The monoisotopic (exact) mass is 379 g/mol. The largest absolute Gasteiger partial charge is 0.456 e. The Morgan fingerprint density at radius 1 is 1.29 bits per heavy atom. The van der Waals surface area contributed by atoms with Crippen molar-refractivity contribution in [1.82, 2.24) is 39.6 Å². The lowest BCUT2D eigenvalue weighted by molar-refractivity contribution is -0.386. The van der Waals surface area contributed by atoms with Crippen LogP contribution >= 0.6 is 0 Å². The normalized spacial score (nSPS) is 11.6.